The molecule has 7 nitrogen and oxygen atoms in total. The molecule has 0 spiro atoms. The first kappa shape index (κ1) is 18.1. The maximum atomic E-state index is 13.0. The Labute approximate surface area is 154 Å². The maximum Gasteiger partial charge on any atom is 0.258 e. The van der Waals surface area contributed by atoms with E-state index >= 15 is 0 Å². The quantitative estimate of drug-likeness (QED) is 0.720. The molecule has 2 aromatic carbocycles. The molecule has 0 aliphatic carbocycles. The summed E-state index contributed by atoms with van der Waals surface area (Å²) in [5, 5.41) is 15.3. The Kier molecular flexibility index (Phi) is 5.42. The van der Waals surface area contributed by atoms with Crippen LogP contribution in [-0.4, -0.2) is 22.7 Å². The van der Waals surface area contributed by atoms with E-state index < -0.39 is 6.04 Å². The Morgan fingerprint density at radius 3 is 2.63 bits per heavy atom. The van der Waals surface area contributed by atoms with E-state index in [1.165, 1.54) is 12.1 Å². The normalized spacial score (nSPS) is 11.4. The average molecular weight is 366 g/mol. The topological polar surface area (TPSA) is 101 Å². The van der Waals surface area contributed by atoms with Gasteiger partial charge >= 0.3 is 0 Å². The van der Waals surface area contributed by atoms with E-state index in [0.717, 1.165) is 0 Å². The van der Waals surface area contributed by atoms with Crippen LogP contribution in [0.2, 0.25) is 0 Å². The first-order valence-electron chi connectivity index (χ1n) is 8.07. The van der Waals surface area contributed by atoms with Crippen LogP contribution in [0.4, 0.5) is 4.39 Å². The number of halogens is 1. The number of hydrogen-bond donors (Lipinski definition) is 1. The molecule has 3 rings (SSSR count). The summed E-state index contributed by atoms with van der Waals surface area (Å²) in [5.41, 5.74) is 1.11. The van der Waals surface area contributed by atoms with Crippen molar-refractivity contribution in [2.24, 2.45) is 0 Å². The van der Waals surface area contributed by atoms with Crippen LogP contribution < -0.4 is 10.1 Å². The number of nitrogens with one attached hydrogen (secondary N) is 1. The molecule has 0 saturated carbocycles. The van der Waals surface area contributed by atoms with Gasteiger partial charge in [0.05, 0.1) is 11.6 Å². The molecule has 8 heteroatoms. The van der Waals surface area contributed by atoms with Crippen LogP contribution in [0.15, 0.2) is 53.1 Å². The number of hydrogen-bond acceptors (Lipinski definition) is 6. The Bertz CT molecular complexity index is 962. The van der Waals surface area contributed by atoms with Gasteiger partial charge in [0.15, 0.2) is 6.61 Å². The van der Waals surface area contributed by atoms with E-state index in [4.69, 9.17) is 14.5 Å². The monoisotopic (exact) mass is 366 g/mol. The fourth-order valence-electron chi connectivity index (χ4n) is 2.25. The molecule has 0 radical (unpaired) electrons. The fraction of sp³-hybridized carbons (Fsp3) is 0.158. The minimum Gasteiger partial charge on any atom is -0.484 e. The Balaban J connectivity index is 1.55. The van der Waals surface area contributed by atoms with Crippen LogP contribution in [0.3, 0.4) is 0 Å². The molecular weight excluding hydrogens is 351 g/mol. The molecule has 0 aliphatic heterocycles. The van der Waals surface area contributed by atoms with Gasteiger partial charge in [0.25, 0.3) is 5.91 Å². The lowest BCUT2D eigenvalue weighted by Gasteiger charge is -2.10. The summed E-state index contributed by atoms with van der Waals surface area (Å²) in [7, 11) is 0. The minimum atomic E-state index is -0.524. The van der Waals surface area contributed by atoms with Gasteiger partial charge in [-0.3, -0.25) is 4.79 Å². The molecule has 1 N–H and O–H groups in total. The molecule has 1 heterocycles. The van der Waals surface area contributed by atoms with Gasteiger partial charge in [-0.1, -0.05) is 5.16 Å². The summed E-state index contributed by atoms with van der Waals surface area (Å²) in [6.45, 7) is 1.50. The molecule has 1 aromatic heterocycles. The van der Waals surface area contributed by atoms with E-state index in [9.17, 15) is 9.18 Å². The molecule has 0 saturated heterocycles. The molecule has 0 unspecified atom stereocenters. The first-order valence-corrected chi connectivity index (χ1v) is 8.07. The van der Waals surface area contributed by atoms with Gasteiger partial charge in [-0.2, -0.15) is 10.2 Å². The third-order valence-corrected chi connectivity index (χ3v) is 3.65. The smallest absolute Gasteiger partial charge is 0.258 e. The molecule has 27 heavy (non-hydrogen) atoms. The number of ether oxygens (including phenoxy) is 1. The van der Waals surface area contributed by atoms with Crippen molar-refractivity contribution in [1.29, 1.82) is 5.26 Å². The zero-order valence-electron chi connectivity index (χ0n) is 14.3. The molecule has 0 bridgehead atoms. The number of amides is 1. The van der Waals surface area contributed by atoms with Crippen LogP contribution in [0.1, 0.15) is 24.4 Å². The van der Waals surface area contributed by atoms with Crippen molar-refractivity contribution in [3.8, 4) is 23.2 Å². The highest BCUT2D eigenvalue weighted by molar-refractivity contribution is 5.77. The maximum absolute atomic E-state index is 13.0. The molecule has 0 fully saturated rings. The van der Waals surface area contributed by atoms with Crippen LogP contribution in [0.5, 0.6) is 5.75 Å². The van der Waals surface area contributed by atoms with E-state index in [0.29, 0.717) is 22.7 Å². The number of carbonyl (C=O) groups excluding carboxylic acids is 1. The van der Waals surface area contributed by atoms with Gasteiger partial charge in [0.1, 0.15) is 17.6 Å². The SMILES string of the molecule is C[C@@H](NC(=O)COc1ccc(C#N)cc1)c1nc(-c2ccc(F)cc2)no1. The fourth-order valence-corrected chi connectivity index (χ4v) is 2.25. The molecule has 136 valence electrons. The highest BCUT2D eigenvalue weighted by atomic mass is 19.1. The highest BCUT2D eigenvalue weighted by Gasteiger charge is 2.17. The van der Waals surface area contributed by atoms with Crippen LogP contribution in [-0.2, 0) is 4.79 Å². The van der Waals surface area contributed by atoms with Crippen molar-refractivity contribution in [2.45, 2.75) is 13.0 Å². The largest absolute Gasteiger partial charge is 0.484 e. The second kappa shape index (κ2) is 8.10. The molecule has 1 amide bonds. The standard InChI is InChI=1S/C19H15FN4O3/c1-12(19-23-18(24-27-19)14-4-6-15(20)7-5-14)22-17(25)11-26-16-8-2-13(10-21)3-9-16/h2-9,12H,11H2,1H3,(H,22,25)/t12-/m1/s1. The number of nitrogens with zero attached hydrogens (tertiary/aromatic N) is 3. The third kappa shape index (κ3) is 4.67. The van der Waals surface area contributed by atoms with E-state index in [-0.39, 0.29) is 24.2 Å². The van der Waals surface area contributed by atoms with E-state index in [2.05, 4.69) is 15.5 Å². The van der Waals surface area contributed by atoms with Crippen molar-refractivity contribution in [2.75, 3.05) is 6.61 Å². The van der Waals surface area contributed by atoms with Gasteiger partial charge in [-0.25, -0.2) is 4.39 Å². The molecule has 1 atom stereocenters. The van der Waals surface area contributed by atoms with E-state index in [1.807, 2.05) is 6.07 Å². The summed E-state index contributed by atoms with van der Waals surface area (Å²) in [5.74, 6) is 0.285. The Morgan fingerprint density at radius 2 is 1.96 bits per heavy atom. The summed E-state index contributed by atoms with van der Waals surface area (Å²) in [6, 6.07) is 13.6. The number of aromatic nitrogens is 2. The Hall–Kier alpha value is -3.73. The van der Waals surface area contributed by atoms with Crippen LogP contribution >= 0.6 is 0 Å². The van der Waals surface area contributed by atoms with Gasteiger partial charge in [-0.15, -0.1) is 0 Å². The Morgan fingerprint density at radius 1 is 1.26 bits per heavy atom. The van der Waals surface area contributed by atoms with Crippen molar-refractivity contribution < 1.29 is 18.4 Å². The minimum absolute atomic E-state index is 0.199. The summed E-state index contributed by atoms with van der Waals surface area (Å²) >= 11 is 0. The average Bonchev–Trinajstić information content (AvgIpc) is 3.18. The van der Waals surface area contributed by atoms with Gasteiger partial charge < -0.3 is 14.6 Å². The highest BCUT2D eigenvalue weighted by Crippen LogP contribution is 2.19. The lowest BCUT2D eigenvalue weighted by molar-refractivity contribution is -0.123. The zero-order valence-corrected chi connectivity index (χ0v) is 14.3. The third-order valence-electron chi connectivity index (χ3n) is 3.65. The number of benzene rings is 2. The predicted octanol–water partition coefficient (Wildman–Crippen LogP) is 3.00. The summed E-state index contributed by atoms with van der Waals surface area (Å²) < 4.78 is 23.5. The van der Waals surface area contributed by atoms with Gasteiger partial charge in [-0.05, 0) is 55.5 Å². The van der Waals surface area contributed by atoms with Crippen LogP contribution in [0, 0.1) is 17.1 Å². The molecule has 0 aliphatic rings. The predicted molar refractivity (Wildman–Crippen MR) is 92.9 cm³/mol. The summed E-state index contributed by atoms with van der Waals surface area (Å²) in [4.78, 5) is 16.2. The van der Waals surface area contributed by atoms with Gasteiger partial charge in [0.2, 0.25) is 11.7 Å². The number of nitriles is 1. The first-order chi connectivity index (χ1) is 13.0. The zero-order chi connectivity index (χ0) is 19.2. The lowest BCUT2D eigenvalue weighted by Crippen LogP contribution is -2.31. The number of rotatable bonds is 6. The van der Waals surface area contributed by atoms with E-state index in [1.54, 1.807) is 43.3 Å². The van der Waals surface area contributed by atoms with Crippen molar-refractivity contribution >= 4 is 5.91 Å². The number of carbonyl (C=O) groups is 1. The second-order valence-corrected chi connectivity index (χ2v) is 5.68. The van der Waals surface area contributed by atoms with Crippen molar-refractivity contribution in [3.05, 3.63) is 65.8 Å². The van der Waals surface area contributed by atoms with Crippen molar-refractivity contribution in [3.63, 3.8) is 0 Å². The summed E-state index contributed by atoms with van der Waals surface area (Å²) in [6.07, 6.45) is 0. The van der Waals surface area contributed by atoms with Crippen molar-refractivity contribution in [1.82, 2.24) is 15.5 Å². The van der Waals surface area contributed by atoms with Crippen LogP contribution in [0.25, 0.3) is 11.4 Å². The molecular formula is C19H15FN4O3. The second-order valence-electron chi connectivity index (χ2n) is 5.68. The molecule has 3 aromatic rings. The lowest BCUT2D eigenvalue weighted by atomic mass is 10.2. The van der Waals surface area contributed by atoms with Gasteiger partial charge in [0, 0.05) is 5.56 Å².